The van der Waals surface area contributed by atoms with E-state index in [-0.39, 0.29) is 5.91 Å². The smallest absolute Gasteiger partial charge is 0.253 e. The molecule has 0 aromatic heterocycles. The highest BCUT2D eigenvalue weighted by Gasteiger charge is 2.18. The summed E-state index contributed by atoms with van der Waals surface area (Å²) >= 11 is 0. The molecule has 0 spiro atoms. The molecule has 1 fully saturated rings. The van der Waals surface area contributed by atoms with Crippen LogP contribution in [0.15, 0.2) is 30.3 Å². The summed E-state index contributed by atoms with van der Waals surface area (Å²) in [6, 6.07) is 9.54. The Bertz CT molecular complexity index is 351. The molecule has 0 saturated carbocycles. The molecule has 0 radical (unpaired) electrons. The highest BCUT2D eigenvalue weighted by atomic mass is 16.2. The molecule has 1 amide bonds. The van der Waals surface area contributed by atoms with Crippen molar-refractivity contribution in [3.05, 3.63) is 35.9 Å². The van der Waals surface area contributed by atoms with Crippen molar-refractivity contribution in [2.24, 2.45) is 0 Å². The molecule has 0 atom stereocenters. The first kappa shape index (κ1) is 14.7. The third kappa shape index (κ3) is 4.15. The number of rotatable bonds is 1. The van der Waals surface area contributed by atoms with Gasteiger partial charge >= 0.3 is 0 Å². The lowest BCUT2D eigenvalue weighted by molar-refractivity contribution is 0.0763. The molecular formula is C15H24N2O. The number of carbonyl (C=O) groups is 1. The van der Waals surface area contributed by atoms with Gasteiger partial charge in [-0.2, -0.15) is 0 Å². The van der Waals surface area contributed by atoms with Gasteiger partial charge in [-0.25, -0.2) is 0 Å². The zero-order chi connectivity index (χ0) is 13.4. The van der Waals surface area contributed by atoms with E-state index < -0.39 is 0 Å². The van der Waals surface area contributed by atoms with Crippen LogP contribution in [-0.4, -0.2) is 48.9 Å². The fourth-order valence-electron chi connectivity index (χ4n) is 2.01. The predicted octanol–water partition coefficient (Wildman–Crippen LogP) is 2.49. The zero-order valence-corrected chi connectivity index (χ0v) is 11.7. The van der Waals surface area contributed by atoms with Crippen LogP contribution < -0.4 is 0 Å². The largest absolute Gasteiger partial charge is 0.337 e. The Morgan fingerprint density at radius 3 is 2.33 bits per heavy atom. The van der Waals surface area contributed by atoms with Gasteiger partial charge in [-0.3, -0.25) is 4.79 Å². The summed E-state index contributed by atoms with van der Waals surface area (Å²) in [5.74, 6) is 0.163. The average molecular weight is 248 g/mol. The molecular weight excluding hydrogens is 224 g/mol. The Hall–Kier alpha value is -1.35. The van der Waals surface area contributed by atoms with Crippen molar-refractivity contribution in [3.63, 3.8) is 0 Å². The molecule has 18 heavy (non-hydrogen) atoms. The summed E-state index contributed by atoms with van der Waals surface area (Å²) < 4.78 is 0. The Labute approximate surface area is 110 Å². The van der Waals surface area contributed by atoms with Crippen molar-refractivity contribution in [1.29, 1.82) is 0 Å². The van der Waals surface area contributed by atoms with Crippen molar-refractivity contribution in [2.75, 3.05) is 33.2 Å². The number of amides is 1. The van der Waals surface area contributed by atoms with E-state index >= 15 is 0 Å². The molecule has 1 heterocycles. The quantitative estimate of drug-likeness (QED) is 0.762. The molecule has 3 heteroatoms. The number of nitrogens with zero attached hydrogens (tertiary/aromatic N) is 2. The summed E-state index contributed by atoms with van der Waals surface area (Å²) in [7, 11) is 2.11. The highest BCUT2D eigenvalue weighted by molar-refractivity contribution is 5.94. The van der Waals surface area contributed by atoms with E-state index in [4.69, 9.17) is 0 Å². The molecule has 100 valence electrons. The summed E-state index contributed by atoms with van der Waals surface area (Å²) in [6.07, 6.45) is 1.06. The Kier molecular flexibility index (Phi) is 6.44. The lowest BCUT2D eigenvalue weighted by Crippen LogP contribution is -2.34. The van der Waals surface area contributed by atoms with Gasteiger partial charge in [0, 0.05) is 25.2 Å². The molecule has 1 aromatic carbocycles. The molecule has 0 bridgehead atoms. The second-order valence-electron chi connectivity index (χ2n) is 4.32. The topological polar surface area (TPSA) is 23.6 Å². The van der Waals surface area contributed by atoms with E-state index in [0.717, 1.165) is 38.2 Å². The van der Waals surface area contributed by atoms with Gasteiger partial charge in [0.05, 0.1) is 0 Å². The van der Waals surface area contributed by atoms with E-state index in [1.54, 1.807) is 0 Å². The third-order valence-corrected chi connectivity index (χ3v) is 3.03. The fraction of sp³-hybridized carbons (Fsp3) is 0.533. The third-order valence-electron chi connectivity index (χ3n) is 3.03. The molecule has 0 aliphatic carbocycles. The van der Waals surface area contributed by atoms with Gasteiger partial charge in [-0.15, -0.1) is 0 Å². The SMILES string of the molecule is CC.CN1CCCN(C(=O)c2ccccc2)CC1. The number of hydrogen-bond acceptors (Lipinski definition) is 2. The summed E-state index contributed by atoms with van der Waals surface area (Å²) in [5.41, 5.74) is 0.798. The van der Waals surface area contributed by atoms with Crippen LogP contribution >= 0.6 is 0 Å². The second kappa shape index (κ2) is 7.88. The first-order valence-corrected chi connectivity index (χ1v) is 6.80. The number of hydrogen-bond donors (Lipinski definition) is 0. The first-order chi connectivity index (χ1) is 8.77. The predicted molar refractivity (Wildman–Crippen MR) is 75.8 cm³/mol. The van der Waals surface area contributed by atoms with Crippen molar-refractivity contribution in [3.8, 4) is 0 Å². The van der Waals surface area contributed by atoms with Gasteiger partial charge in [-0.1, -0.05) is 32.0 Å². The van der Waals surface area contributed by atoms with Gasteiger partial charge < -0.3 is 9.80 Å². The lowest BCUT2D eigenvalue weighted by Gasteiger charge is -2.20. The minimum Gasteiger partial charge on any atom is -0.337 e. The zero-order valence-electron chi connectivity index (χ0n) is 11.7. The molecule has 0 unspecified atom stereocenters. The summed E-state index contributed by atoms with van der Waals surface area (Å²) in [5, 5.41) is 0. The van der Waals surface area contributed by atoms with Crippen LogP contribution in [-0.2, 0) is 0 Å². The summed E-state index contributed by atoms with van der Waals surface area (Å²) in [4.78, 5) is 16.4. The minimum atomic E-state index is 0.163. The van der Waals surface area contributed by atoms with Gasteiger partial charge in [0.1, 0.15) is 0 Å². The Balaban J connectivity index is 0.000000771. The average Bonchev–Trinajstić information content (AvgIpc) is 2.66. The van der Waals surface area contributed by atoms with Crippen molar-refractivity contribution in [1.82, 2.24) is 9.80 Å². The van der Waals surface area contributed by atoms with E-state index in [9.17, 15) is 4.79 Å². The number of likely N-dealkylation sites (N-methyl/N-ethyl adjacent to an activating group) is 1. The molecule has 1 aliphatic rings. The molecule has 2 rings (SSSR count). The molecule has 1 aromatic rings. The minimum absolute atomic E-state index is 0.163. The number of carbonyl (C=O) groups excluding carboxylic acids is 1. The van der Waals surface area contributed by atoms with Gasteiger partial charge in [0.15, 0.2) is 0 Å². The van der Waals surface area contributed by atoms with Crippen molar-refractivity contribution >= 4 is 5.91 Å². The van der Waals surface area contributed by atoms with Crippen molar-refractivity contribution in [2.45, 2.75) is 20.3 Å². The van der Waals surface area contributed by atoms with Gasteiger partial charge in [0.2, 0.25) is 0 Å². The first-order valence-electron chi connectivity index (χ1n) is 6.80. The van der Waals surface area contributed by atoms with Crippen LogP contribution in [0.4, 0.5) is 0 Å². The summed E-state index contributed by atoms with van der Waals surface area (Å²) in [6.45, 7) is 7.76. The number of benzene rings is 1. The van der Waals surface area contributed by atoms with E-state index in [0.29, 0.717) is 0 Å². The van der Waals surface area contributed by atoms with E-state index in [2.05, 4.69) is 11.9 Å². The highest BCUT2D eigenvalue weighted by Crippen LogP contribution is 2.08. The molecule has 1 aliphatic heterocycles. The van der Waals surface area contributed by atoms with Crippen LogP contribution in [0.5, 0.6) is 0 Å². The van der Waals surface area contributed by atoms with Crippen LogP contribution in [0, 0.1) is 0 Å². The Morgan fingerprint density at radius 2 is 1.67 bits per heavy atom. The maximum atomic E-state index is 12.2. The van der Waals surface area contributed by atoms with Crippen LogP contribution in [0.3, 0.4) is 0 Å². The Morgan fingerprint density at radius 1 is 1.00 bits per heavy atom. The van der Waals surface area contributed by atoms with Gasteiger partial charge in [-0.05, 0) is 32.1 Å². The molecule has 0 N–H and O–H groups in total. The normalized spacial score (nSPS) is 16.5. The lowest BCUT2D eigenvalue weighted by atomic mass is 10.2. The molecule has 1 saturated heterocycles. The van der Waals surface area contributed by atoms with E-state index in [1.807, 2.05) is 49.1 Å². The standard InChI is InChI=1S/C13H18N2O.C2H6/c1-14-8-5-9-15(11-10-14)13(16)12-6-3-2-4-7-12;1-2/h2-4,6-7H,5,8-11H2,1H3;1-2H3. The van der Waals surface area contributed by atoms with E-state index in [1.165, 1.54) is 0 Å². The van der Waals surface area contributed by atoms with Crippen LogP contribution in [0.2, 0.25) is 0 Å². The maximum Gasteiger partial charge on any atom is 0.253 e. The van der Waals surface area contributed by atoms with Gasteiger partial charge in [0.25, 0.3) is 5.91 Å². The van der Waals surface area contributed by atoms with Crippen LogP contribution in [0.25, 0.3) is 0 Å². The fourth-order valence-corrected chi connectivity index (χ4v) is 2.01. The van der Waals surface area contributed by atoms with Crippen LogP contribution in [0.1, 0.15) is 30.6 Å². The van der Waals surface area contributed by atoms with Crippen molar-refractivity contribution < 1.29 is 4.79 Å². The molecule has 3 nitrogen and oxygen atoms in total. The maximum absolute atomic E-state index is 12.2. The monoisotopic (exact) mass is 248 g/mol. The second-order valence-corrected chi connectivity index (χ2v) is 4.32.